The van der Waals surface area contributed by atoms with E-state index in [0.717, 1.165) is 17.7 Å². The zero-order chi connectivity index (χ0) is 18.7. The van der Waals surface area contributed by atoms with E-state index in [1.165, 1.54) is 0 Å². The summed E-state index contributed by atoms with van der Waals surface area (Å²) in [5, 5.41) is 0.424. The molecule has 1 amide bonds. The SMILES string of the molecule is CSCCC(C(=O)N1CCN(C)CC1)n1c(=O)[nH]c2ccccc2c1=O. The van der Waals surface area contributed by atoms with Gasteiger partial charge in [0.2, 0.25) is 5.91 Å². The van der Waals surface area contributed by atoms with Crippen LogP contribution in [0.4, 0.5) is 0 Å². The molecule has 1 atom stereocenters. The first-order valence-corrected chi connectivity index (χ1v) is 10.1. The fourth-order valence-electron chi connectivity index (χ4n) is 3.29. The van der Waals surface area contributed by atoms with E-state index >= 15 is 0 Å². The third-order valence-electron chi connectivity index (χ3n) is 4.84. The lowest BCUT2D eigenvalue weighted by Gasteiger charge is -2.34. The number of para-hydroxylation sites is 1. The third kappa shape index (κ3) is 3.71. The van der Waals surface area contributed by atoms with Crippen LogP contribution in [0.3, 0.4) is 0 Å². The number of carbonyl (C=O) groups excluding carboxylic acids is 1. The van der Waals surface area contributed by atoms with Gasteiger partial charge >= 0.3 is 5.69 Å². The molecule has 2 heterocycles. The summed E-state index contributed by atoms with van der Waals surface area (Å²) < 4.78 is 1.11. The Labute approximate surface area is 156 Å². The van der Waals surface area contributed by atoms with Crippen LogP contribution in [0.2, 0.25) is 0 Å². The average molecular weight is 376 g/mol. The largest absolute Gasteiger partial charge is 0.338 e. The number of hydrogen-bond donors (Lipinski definition) is 1. The Balaban J connectivity index is 2.03. The number of nitrogens with one attached hydrogen (secondary N) is 1. The van der Waals surface area contributed by atoms with E-state index in [2.05, 4.69) is 9.88 Å². The van der Waals surface area contributed by atoms with E-state index in [9.17, 15) is 14.4 Å². The Morgan fingerprint density at radius 3 is 2.58 bits per heavy atom. The second kappa shape index (κ2) is 8.09. The third-order valence-corrected chi connectivity index (χ3v) is 5.49. The number of carbonyl (C=O) groups is 1. The van der Waals surface area contributed by atoms with Gasteiger partial charge in [-0.05, 0) is 37.6 Å². The molecule has 26 heavy (non-hydrogen) atoms. The van der Waals surface area contributed by atoms with Crippen LogP contribution >= 0.6 is 11.8 Å². The number of piperazine rings is 1. The summed E-state index contributed by atoms with van der Waals surface area (Å²) in [6.07, 6.45) is 2.40. The van der Waals surface area contributed by atoms with E-state index in [-0.39, 0.29) is 5.91 Å². The van der Waals surface area contributed by atoms with Gasteiger partial charge in [0.1, 0.15) is 6.04 Å². The Hall–Kier alpha value is -2.06. The molecule has 0 radical (unpaired) electrons. The second-order valence-corrected chi connectivity index (χ2v) is 7.56. The molecule has 3 rings (SSSR count). The summed E-state index contributed by atoms with van der Waals surface area (Å²) in [6, 6.07) is 6.12. The smallest absolute Gasteiger partial charge is 0.329 e. The summed E-state index contributed by atoms with van der Waals surface area (Å²) in [5.41, 5.74) is -0.436. The van der Waals surface area contributed by atoms with E-state index in [1.807, 2.05) is 13.3 Å². The maximum absolute atomic E-state index is 13.1. The summed E-state index contributed by atoms with van der Waals surface area (Å²) in [6.45, 7) is 2.82. The number of hydrogen-bond acceptors (Lipinski definition) is 5. The number of aromatic amines is 1. The van der Waals surface area contributed by atoms with Crippen molar-refractivity contribution in [3.63, 3.8) is 0 Å². The molecule has 1 fully saturated rings. The summed E-state index contributed by atoms with van der Waals surface area (Å²) >= 11 is 1.60. The monoisotopic (exact) mass is 376 g/mol. The number of likely N-dealkylation sites (N-methyl/N-ethyl adjacent to an activating group) is 1. The second-order valence-electron chi connectivity index (χ2n) is 6.58. The molecule has 1 unspecified atom stereocenters. The number of rotatable bonds is 5. The van der Waals surface area contributed by atoms with Crippen LogP contribution in [0.15, 0.2) is 33.9 Å². The normalized spacial score (nSPS) is 16.8. The number of amides is 1. The molecule has 1 aliphatic heterocycles. The Morgan fingerprint density at radius 2 is 1.88 bits per heavy atom. The van der Waals surface area contributed by atoms with Crippen LogP contribution in [-0.4, -0.2) is 70.5 Å². The van der Waals surface area contributed by atoms with Gasteiger partial charge in [-0.15, -0.1) is 0 Å². The van der Waals surface area contributed by atoms with Crippen LogP contribution < -0.4 is 11.2 Å². The lowest BCUT2D eigenvalue weighted by atomic mass is 10.1. The first-order valence-electron chi connectivity index (χ1n) is 8.72. The molecule has 1 aromatic carbocycles. The quantitative estimate of drug-likeness (QED) is 0.834. The highest BCUT2D eigenvalue weighted by molar-refractivity contribution is 7.98. The van der Waals surface area contributed by atoms with Crippen LogP contribution in [-0.2, 0) is 4.79 Å². The topological polar surface area (TPSA) is 78.4 Å². The fraction of sp³-hybridized carbons (Fsp3) is 0.500. The summed E-state index contributed by atoms with van der Waals surface area (Å²) in [5.74, 6) is 0.554. The predicted octanol–water partition coefficient (Wildman–Crippen LogP) is 0.758. The van der Waals surface area contributed by atoms with Gasteiger partial charge in [-0.25, -0.2) is 9.36 Å². The van der Waals surface area contributed by atoms with Gasteiger partial charge in [-0.2, -0.15) is 11.8 Å². The minimum Gasteiger partial charge on any atom is -0.338 e. The molecule has 2 aromatic rings. The van der Waals surface area contributed by atoms with Gasteiger partial charge in [0.05, 0.1) is 10.9 Å². The van der Waals surface area contributed by atoms with Gasteiger partial charge in [-0.3, -0.25) is 9.59 Å². The van der Waals surface area contributed by atoms with Gasteiger partial charge in [0.25, 0.3) is 5.56 Å². The Kier molecular flexibility index (Phi) is 5.83. The van der Waals surface area contributed by atoms with Crippen molar-refractivity contribution >= 4 is 28.6 Å². The molecule has 1 N–H and O–H groups in total. The minimum absolute atomic E-state index is 0.143. The molecule has 0 bridgehead atoms. The van der Waals surface area contributed by atoms with E-state index in [4.69, 9.17) is 0 Å². The number of H-pyrrole nitrogens is 1. The maximum atomic E-state index is 13.1. The first-order chi connectivity index (χ1) is 12.5. The van der Waals surface area contributed by atoms with Crippen LogP contribution in [0.1, 0.15) is 12.5 Å². The number of fused-ring (bicyclic) bond motifs is 1. The van der Waals surface area contributed by atoms with E-state index in [1.54, 1.807) is 40.9 Å². The lowest BCUT2D eigenvalue weighted by Crippen LogP contribution is -2.52. The highest BCUT2D eigenvalue weighted by Crippen LogP contribution is 2.17. The molecule has 1 aliphatic rings. The molecule has 140 valence electrons. The van der Waals surface area contributed by atoms with Crippen molar-refractivity contribution in [3.05, 3.63) is 45.1 Å². The number of aromatic nitrogens is 2. The molecule has 1 aromatic heterocycles. The molecular formula is C18H24N4O3S. The average Bonchev–Trinajstić information content (AvgIpc) is 2.64. The molecule has 7 nitrogen and oxygen atoms in total. The van der Waals surface area contributed by atoms with Crippen molar-refractivity contribution in [3.8, 4) is 0 Å². The summed E-state index contributed by atoms with van der Waals surface area (Å²) in [7, 11) is 2.02. The van der Waals surface area contributed by atoms with Crippen molar-refractivity contribution in [1.29, 1.82) is 0 Å². The predicted molar refractivity (Wildman–Crippen MR) is 105 cm³/mol. The van der Waals surface area contributed by atoms with Crippen LogP contribution in [0.5, 0.6) is 0 Å². The minimum atomic E-state index is -0.772. The molecule has 8 heteroatoms. The Bertz CT molecular complexity index is 899. The lowest BCUT2D eigenvalue weighted by molar-refractivity contribution is -0.136. The fourth-order valence-corrected chi connectivity index (χ4v) is 3.75. The number of thioether (sulfide) groups is 1. The van der Waals surface area contributed by atoms with Crippen molar-refractivity contribution in [1.82, 2.24) is 19.4 Å². The highest BCUT2D eigenvalue weighted by Gasteiger charge is 2.30. The zero-order valence-corrected chi connectivity index (χ0v) is 15.9. The Morgan fingerprint density at radius 1 is 1.19 bits per heavy atom. The molecule has 0 spiro atoms. The molecule has 0 aliphatic carbocycles. The number of nitrogens with zero attached hydrogens (tertiary/aromatic N) is 3. The van der Waals surface area contributed by atoms with Crippen LogP contribution in [0.25, 0.3) is 10.9 Å². The van der Waals surface area contributed by atoms with Gasteiger partial charge < -0.3 is 14.8 Å². The van der Waals surface area contributed by atoms with Crippen LogP contribution in [0, 0.1) is 0 Å². The van der Waals surface area contributed by atoms with Gasteiger partial charge in [-0.1, -0.05) is 12.1 Å². The van der Waals surface area contributed by atoms with Gasteiger partial charge in [0.15, 0.2) is 0 Å². The maximum Gasteiger partial charge on any atom is 0.329 e. The molecule has 1 saturated heterocycles. The van der Waals surface area contributed by atoms with Crippen molar-refractivity contribution in [2.24, 2.45) is 0 Å². The zero-order valence-electron chi connectivity index (χ0n) is 15.1. The number of benzene rings is 1. The van der Waals surface area contributed by atoms with E-state index < -0.39 is 17.3 Å². The van der Waals surface area contributed by atoms with E-state index in [0.29, 0.717) is 36.2 Å². The summed E-state index contributed by atoms with van der Waals surface area (Å²) in [4.78, 5) is 45.4. The van der Waals surface area contributed by atoms with Crippen molar-refractivity contribution in [2.75, 3.05) is 45.2 Å². The first kappa shape index (κ1) is 18.7. The molecule has 0 saturated carbocycles. The standard InChI is InChI=1S/C18H24N4O3S/c1-20-8-10-21(11-9-20)17(24)15(7-12-26-2)22-16(23)13-5-3-4-6-14(13)19-18(22)25/h3-6,15H,7-12H2,1-2H3,(H,19,25). The molecular weight excluding hydrogens is 352 g/mol. The van der Waals surface area contributed by atoms with Gasteiger partial charge in [0, 0.05) is 26.2 Å². The highest BCUT2D eigenvalue weighted by atomic mass is 32.2. The van der Waals surface area contributed by atoms with Crippen molar-refractivity contribution < 1.29 is 4.79 Å². The van der Waals surface area contributed by atoms with Crippen molar-refractivity contribution in [2.45, 2.75) is 12.5 Å².